The average Bonchev–Trinajstić information content (AvgIpc) is 2.39. The molecule has 2 heterocycles. The lowest BCUT2D eigenvalue weighted by Gasteiger charge is -2.22. The summed E-state index contributed by atoms with van der Waals surface area (Å²) in [5, 5.41) is 6.95. The number of hydrogen-bond donors (Lipinski definition) is 2. The Hall–Kier alpha value is -0.970. The average molecular weight is 248 g/mol. The largest absolute Gasteiger partial charge is 0.310 e. The van der Waals surface area contributed by atoms with Crippen LogP contribution < -0.4 is 10.6 Å². The number of nitrogens with zero attached hydrogens (tertiary/aromatic N) is 2. The van der Waals surface area contributed by atoms with E-state index in [1.165, 1.54) is 13.0 Å². The van der Waals surface area contributed by atoms with Gasteiger partial charge in [-0.05, 0) is 25.1 Å². The zero-order chi connectivity index (χ0) is 12.6. The molecule has 1 aliphatic rings. The van der Waals surface area contributed by atoms with E-state index in [1.54, 1.807) is 0 Å². The molecular weight excluding hydrogens is 224 g/mol. The smallest absolute Gasteiger partial charge is 0.0545 e. The van der Waals surface area contributed by atoms with Crippen LogP contribution in [0.2, 0.25) is 0 Å². The number of hydrogen-bond acceptors (Lipinski definition) is 4. The van der Waals surface area contributed by atoms with Crippen LogP contribution in [0.1, 0.15) is 24.7 Å². The molecular formula is C14H24N4. The summed E-state index contributed by atoms with van der Waals surface area (Å²) in [6.07, 6.45) is 1.22. The van der Waals surface area contributed by atoms with E-state index in [9.17, 15) is 0 Å². The molecule has 0 aliphatic carbocycles. The molecule has 2 N–H and O–H groups in total. The summed E-state index contributed by atoms with van der Waals surface area (Å²) >= 11 is 0. The predicted octanol–water partition coefficient (Wildman–Crippen LogP) is 0.986. The van der Waals surface area contributed by atoms with Gasteiger partial charge in [-0.1, -0.05) is 13.0 Å². The zero-order valence-electron chi connectivity index (χ0n) is 11.3. The van der Waals surface area contributed by atoms with Gasteiger partial charge in [-0.15, -0.1) is 0 Å². The molecule has 2 rings (SSSR count). The van der Waals surface area contributed by atoms with E-state index in [0.29, 0.717) is 0 Å². The summed E-state index contributed by atoms with van der Waals surface area (Å²) in [5.41, 5.74) is 2.27. The third kappa shape index (κ3) is 4.37. The Morgan fingerprint density at radius 1 is 1.11 bits per heavy atom. The van der Waals surface area contributed by atoms with Crippen LogP contribution in [0.3, 0.4) is 0 Å². The molecule has 0 aromatic carbocycles. The minimum atomic E-state index is 0.869. The molecule has 0 fully saturated rings. The first-order valence-electron chi connectivity index (χ1n) is 6.97. The third-order valence-electron chi connectivity index (χ3n) is 3.23. The van der Waals surface area contributed by atoms with E-state index < -0.39 is 0 Å². The Labute approximate surface area is 110 Å². The molecule has 1 aromatic heterocycles. The first-order chi connectivity index (χ1) is 8.88. The molecule has 0 radical (unpaired) electrons. The lowest BCUT2D eigenvalue weighted by Crippen LogP contribution is -2.37. The van der Waals surface area contributed by atoms with Crippen LogP contribution in [-0.4, -0.2) is 42.6 Å². The lowest BCUT2D eigenvalue weighted by molar-refractivity contribution is 0.271. The van der Waals surface area contributed by atoms with Gasteiger partial charge in [0.2, 0.25) is 0 Å². The highest BCUT2D eigenvalue weighted by atomic mass is 15.1. The standard InChI is InChI=1S/C14H24N4/c1-2-8-18-9-6-15-11-13-4-3-5-14(17-13)12-16-7-10-18/h3-5,15-16H,2,6-12H2,1H3. The monoisotopic (exact) mass is 248 g/mol. The summed E-state index contributed by atoms with van der Waals surface area (Å²) in [5.74, 6) is 0. The molecule has 18 heavy (non-hydrogen) atoms. The molecule has 100 valence electrons. The fourth-order valence-corrected chi connectivity index (χ4v) is 2.29. The number of fused-ring (bicyclic) bond motifs is 2. The van der Waals surface area contributed by atoms with Gasteiger partial charge >= 0.3 is 0 Å². The summed E-state index contributed by atoms with van der Waals surface area (Å²) < 4.78 is 0. The van der Waals surface area contributed by atoms with Crippen molar-refractivity contribution in [2.75, 3.05) is 32.7 Å². The van der Waals surface area contributed by atoms with Gasteiger partial charge in [0.05, 0.1) is 11.4 Å². The number of pyridine rings is 1. The minimum Gasteiger partial charge on any atom is -0.310 e. The Morgan fingerprint density at radius 2 is 1.72 bits per heavy atom. The summed E-state index contributed by atoms with van der Waals surface area (Å²) in [7, 11) is 0. The van der Waals surface area contributed by atoms with E-state index in [1.807, 2.05) is 0 Å². The fraction of sp³-hybridized carbons (Fsp3) is 0.643. The lowest BCUT2D eigenvalue weighted by atomic mass is 10.3. The van der Waals surface area contributed by atoms with Crippen molar-refractivity contribution < 1.29 is 0 Å². The topological polar surface area (TPSA) is 40.2 Å². The van der Waals surface area contributed by atoms with Crippen molar-refractivity contribution in [3.05, 3.63) is 29.6 Å². The number of aromatic nitrogens is 1. The van der Waals surface area contributed by atoms with Crippen LogP contribution in [0.4, 0.5) is 0 Å². The van der Waals surface area contributed by atoms with Gasteiger partial charge in [0.15, 0.2) is 0 Å². The van der Waals surface area contributed by atoms with Gasteiger partial charge in [-0.2, -0.15) is 0 Å². The van der Waals surface area contributed by atoms with Gasteiger partial charge in [0.1, 0.15) is 0 Å². The van der Waals surface area contributed by atoms with Gasteiger partial charge in [-0.25, -0.2) is 0 Å². The van der Waals surface area contributed by atoms with Crippen molar-refractivity contribution in [1.82, 2.24) is 20.5 Å². The fourth-order valence-electron chi connectivity index (χ4n) is 2.29. The molecule has 4 nitrogen and oxygen atoms in total. The maximum absolute atomic E-state index is 4.62. The number of nitrogens with one attached hydrogen (secondary N) is 2. The molecule has 0 atom stereocenters. The first kappa shape index (κ1) is 13.5. The maximum Gasteiger partial charge on any atom is 0.0545 e. The van der Waals surface area contributed by atoms with Crippen molar-refractivity contribution in [3.63, 3.8) is 0 Å². The summed E-state index contributed by atoms with van der Waals surface area (Å²) in [6, 6.07) is 6.27. The van der Waals surface area contributed by atoms with Crippen molar-refractivity contribution in [1.29, 1.82) is 0 Å². The van der Waals surface area contributed by atoms with Crippen LogP contribution in [-0.2, 0) is 13.1 Å². The summed E-state index contributed by atoms with van der Waals surface area (Å²) in [6.45, 7) is 9.47. The number of rotatable bonds is 2. The van der Waals surface area contributed by atoms with Crippen LogP contribution in [0.5, 0.6) is 0 Å². The molecule has 0 spiro atoms. The van der Waals surface area contributed by atoms with Gasteiger partial charge < -0.3 is 15.5 Å². The summed E-state index contributed by atoms with van der Waals surface area (Å²) in [4.78, 5) is 7.14. The molecule has 1 aliphatic heterocycles. The Morgan fingerprint density at radius 3 is 2.28 bits per heavy atom. The van der Waals surface area contributed by atoms with Gasteiger partial charge in [0.25, 0.3) is 0 Å². The van der Waals surface area contributed by atoms with Gasteiger partial charge in [0, 0.05) is 39.3 Å². The Balaban J connectivity index is 1.94. The highest BCUT2D eigenvalue weighted by Gasteiger charge is 2.05. The second-order valence-corrected chi connectivity index (χ2v) is 4.82. The van der Waals surface area contributed by atoms with Crippen molar-refractivity contribution in [3.8, 4) is 0 Å². The molecule has 2 bridgehead atoms. The SMILES string of the molecule is CCCN1CCNCc2cccc(n2)CNCC1. The highest BCUT2D eigenvalue weighted by Crippen LogP contribution is 2.00. The van der Waals surface area contributed by atoms with Crippen molar-refractivity contribution in [2.45, 2.75) is 26.4 Å². The Bertz CT molecular complexity index is 326. The quantitative estimate of drug-likeness (QED) is 0.819. The van der Waals surface area contributed by atoms with E-state index in [2.05, 4.69) is 45.6 Å². The zero-order valence-corrected chi connectivity index (χ0v) is 11.3. The minimum absolute atomic E-state index is 0.869. The maximum atomic E-state index is 4.62. The molecule has 0 saturated heterocycles. The third-order valence-corrected chi connectivity index (χ3v) is 3.23. The van der Waals surface area contributed by atoms with Crippen molar-refractivity contribution in [2.24, 2.45) is 0 Å². The second-order valence-electron chi connectivity index (χ2n) is 4.82. The highest BCUT2D eigenvalue weighted by molar-refractivity contribution is 5.11. The second kappa shape index (κ2) is 7.46. The van der Waals surface area contributed by atoms with Crippen molar-refractivity contribution >= 4 is 0 Å². The van der Waals surface area contributed by atoms with E-state index in [0.717, 1.165) is 50.7 Å². The molecule has 4 heteroatoms. The molecule has 0 amide bonds. The van der Waals surface area contributed by atoms with Crippen LogP contribution >= 0.6 is 0 Å². The Kier molecular flexibility index (Phi) is 5.58. The molecule has 0 saturated carbocycles. The van der Waals surface area contributed by atoms with E-state index >= 15 is 0 Å². The predicted molar refractivity (Wildman–Crippen MR) is 74.4 cm³/mol. The normalized spacial score (nSPS) is 18.9. The van der Waals surface area contributed by atoms with Crippen LogP contribution in [0, 0.1) is 0 Å². The van der Waals surface area contributed by atoms with Crippen LogP contribution in [0.25, 0.3) is 0 Å². The van der Waals surface area contributed by atoms with E-state index in [-0.39, 0.29) is 0 Å². The first-order valence-corrected chi connectivity index (χ1v) is 6.97. The van der Waals surface area contributed by atoms with Crippen LogP contribution in [0.15, 0.2) is 18.2 Å². The van der Waals surface area contributed by atoms with E-state index in [4.69, 9.17) is 0 Å². The molecule has 1 aromatic rings. The van der Waals surface area contributed by atoms with Gasteiger partial charge in [-0.3, -0.25) is 4.98 Å². The molecule has 0 unspecified atom stereocenters.